The third-order valence-corrected chi connectivity index (χ3v) is 1.34. The minimum absolute atomic E-state index is 0. The van der Waals surface area contributed by atoms with Crippen molar-refractivity contribution in [2.45, 2.75) is 20.8 Å². The van der Waals surface area contributed by atoms with Crippen LogP contribution in [0.3, 0.4) is 0 Å². The fraction of sp³-hybridized carbons (Fsp3) is 0.857. The first-order chi connectivity index (χ1) is 5.08. The molecular weight excluding hydrogens is 192 g/mol. The van der Waals surface area contributed by atoms with Crippen molar-refractivity contribution in [3.63, 3.8) is 0 Å². The molecule has 0 N–H and O–H groups in total. The minimum Gasteiger partial charge on any atom is -0.652 e. The second kappa shape index (κ2) is 18.9. The van der Waals surface area contributed by atoms with Crippen molar-refractivity contribution < 1.29 is 74.1 Å². The molecule has 6 heteroatoms. The number of carbonyl (C=O) groups excluding carboxylic acids is 1. The van der Waals surface area contributed by atoms with Gasteiger partial charge in [-0.05, 0) is 25.8 Å². The zero-order chi connectivity index (χ0) is 9.28. The van der Waals surface area contributed by atoms with Gasteiger partial charge in [-0.2, -0.15) is 0 Å². The van der Waals surface area contributed by atoms with E-state index < -0.39 is 6.16 Å². The molecule has 0 rings (SSSR count). The van der Waals surface area contributed by atoms with Crippen molar-refractivity contribution in [3.8, 4) is 0 Å². The number of rotatable bonds is 3. The summed E-state index contributed by atoms with van der Waals surface area (Å²) in [6.07, 6.45) is -2.33. The van der Waals surface area contributed by atoms with Gasteiger partial charge in [0, 0.05) is 0 Å². The molecule has 0 saturated heterocycles. The van der Waals surface area contributed by atoms with Crippen molar-refractivity contribution in [3.05, 3.63) is 0 Å². The summed E-state index contributed by atoms with van der Waals surface area (Å²) in [5.74, 6) is 0. The third kappa shape index (κ3) is 31.9. The van der Waals surface area contributed by atoms with Gasteiger partial charge < -0.3 is 19.9 Å². The monoisotopic (exact) mass is 207 g/mol. The number of carboxylic acid groups (broad SMARTS) is 2. The molecule has 0 aliphatic rings. The molecule has 0 aromatic rings. The maximum absolute atomic E-state index is 8.33. The largest absolute Gasteiger partial charge is 1.00 e. The molecule has 0 atom stereocenters. The van der Waals surface area contributed by atoms with Crippen molar-refractivity contribution in [1.29, 1.82) is 0 Å². The fourth-order valence-corrected chi connectivity index (χ4v) is 0.671. The van der Waals surface area contributed by atoms with Crippen LogP contribution in [-0.4, -0.2) is 30.7 Å². The van der Waals surface area contributed by atoms with Crippen molar-refractivity contribution >= 4 is 6.16 Å². The van der Waals surface area contributed by atoms with Crippen LogP contribution in [0.2, 0.25) is 0 Å². The summed E-state index contributed by atoms with van der Waals surface area (Å²) in [6, 6.07) is 0. The van der Waals surface area contributed by atoms with Gasteiger partial charge in [0.2, 0.25) is 0 Å². The van der Waals surface area contributed by atoms with Gasteiger partial charge in [-0.1, -0.05) is 20.8 Å². The standard InChI is InChI=1S/C6H15N.CH2O3.2Na/c1-4-7(5-2)6-3;2-1(3)4;;/h4-6H2,1-3H3;(H2,2,3,4);;/q;;2*+1/p-2. The Hall–Kier alpha value is 1.23. The first-order valence-electron chi connectivity index (χ1n) is 3.68. The number of hydrogen-bond donors (Lipinski definition) is 0. The molecule has 0 heterocycles. The molecule has 0 aliphatic carbocycles. The normalized spacial score (nSPS) is 7.38. The Morgan fingerprint density at radius 1 is 1.00 bits per heavy atom. The molecule has 0 spiro atoms. The Kier molecular flexibility index (Phi) is 34.6. The number of hydrogen-bond acceptors (Lipinski definition) is 4. The van der Waals surface area contributed by atoms with Gasteiger partial charge in [0.15, 0.2) is 0 Å². The predicted octanol–water partition coefficient (Wildman–Crippen LogP) is -7.09. The molecule has 0 fully saturated rings. The first-order valence-corrected chi connectivity index (χ1v) is 3.68. The van der Waals surface area contributed by atoms with E-state index in [2.05, 4.69) is 25.7 Å². The summed E-state index contributed by atoms with van der Waals surface area (Å²) in [5, 5.41) is 16.7. The van der Waals surface area contributed by atoms with Gasteiger partial charge in [0.1, 0.15) is 0 Å². The molecule has 68 valence electrons. The van der Waals surface area contributed by atoms with Gasteiger partial charge in [0.25, 0.3) is 0 Å². The van der Waals surface area contributed by atoms with E-state index in [1.54, 1.807) is 0 Å². The second-order valence-electron chi connectivity index (χ2n) is 1.87. The smallest absolute Gasteiger partial charge is 0.652 e. The van der Waals surface area contributed by atoms with Crippen molar-refractivity contribution in [1.82, 2.24) is 4.90 Å². The van der Waals surface area contributed by atoms with Crippen LogP contribution >= 0.6 is 0 Å². The maximum Gasteiger partial charge on any atom is 1.00 e. The van der Waals surface area contributed by atoms with Crippen molar-refractivity contribution in [2.24, 2.45) is 0 Å². The molecular formula is C7H15NNa2O3. The molecule has 0 aromatic heterocycles. The van der Waals surface area contributed by atoms with Gasteiger partial charge >= 0.3 is 59.1 Å². The Bertz CT molecular complexity index is 90.2. The zero-order valence-electron chi connectivity index (χ0n) is 9.29. The van der Waals surface area contributed by atoms with Crippen LogP contribution in [0, 0.1) is 0 Å². The van der Waals surface area contributed by atoms with Crippen LogP contribution in [0.15, 0.2) is 0 Å². The Morgan fingerprint density at radius 2 is 1.15 bits per heavy atom. The Balaban J connectivity index is -0.0000000600. The molecule has 0 bridgehead atoms. The van der Waals surface area contributed by atoms with Crippen LogP contribution < -0.4 is 69.3 Å². The Morgan fingerprint density at radius 3 is 1.15 bits per heavy atom. The Labute approximate surface area is 124 Å². The third-order valence-electron chi connectivity index (χ3n) is 1.34. The maximum atomic E-state index is 8.33. The fourth-order valence-electron chi connectivity index (χ4n) is 0.671. The van der Waals surface area contributed by atoms with E-state index in [0.29, 0.717) is 0 Å². The number of nitrogens with zero attached hydrogens (tertiary/aromatic N) is 1. The van der Waals surface area contributed by atoms with E-state index in [1.807, 2.05) is 0 Å². The summed E-state index contributed by atoms with van der Waals surface area (Å²) < 4.78 is 0. The minimum atomic E-state index is -2.33. The van der Waals surface area contributed by atoms with Gasteiger partial charge in [-0.25, -0.2) is 0 Å². The predicted molar refractivity (Wildman–Crippen MR) is 38.9 cm³/mol. The van der Waals surface area contributed by atoms with Crippen LogP contribution in [0.5, 0.6) is 0 Å². The van der Waals surface area contributed by atoms with Gasteiger partial charge in [-0.3, -0.25) is 0 Å². The zero-order valence-corrected chi connectivity index (χ0v) is 13.3. The topological polar surface area (TPSA) is 66.4 Å². The van der Waals surface area contributed by atoms with E-state index in [9.17, 15) is 0 Å². The molecule has 0 unspecified atom stereocenters. The molecule has 0 amide bonds. The van der Waals surface area contributed by atoms with Crippen molar-refractivity contribution in [2.75, 3.05) is 19.6 Å². The van der Waals surface area contributed by atoms with Crippen LogP contribution in [0.25, 0.3) is 0 Å². The van der Waals surface area contributed by atoms with E-state index in [0.717, 1.165) is 0 Å². The summed E-state index contributed by atoms with van der Waals surface area (Å²) in [7, 11) is 0. The molecule has 0 saturated carbocycles. The summed E-state index contributed by atoms with van der Waals surface area (Å²) in [4.78, 5) is 10.7. The molecule has 0 aliphatic heterocycles. The summed E-state index contributed by atoms with van der Waals surface area (Å²) in [6.45, 7) is 10.1. The van der Waals surface area contributed by atoms with Crippen LogP contribution in [-0.2, 0) is 0 Å². The second-order valence-corrected chi connectivity index (χ2v) is 1.87. The van der Waals surface area contributed by atoms with E-state index in [1.165, 1.54) is 19.6 Å². The quantitative estimate of drug-likeness (QED) is 0.431. The molecule has 13 heavy (non-hydrogen) atoms. The van der Waals surface area contributed by atoms with Gasteiger partial charge in [0.05, 0.1) is 0 Å². The molecule has 4 nitrogen and oxygen atoms in total. The summed E-state index contributed by atoms with van der Waals surface area (Å²) >= 11 is 0. The molecule has 0 radical (unpaired) electrons. The van der Waals surface area contributed by atoms with E-state index >= 15 is 0 Å². The van der Waals surface area contributed by atoms with Crippen LogP contribution in [0.4, 0.5) is 4.79 Å². The van der Waals surface area contributed by atoms with Crippen LogP contribution in [0.1, 0.15) is 20.8 Å². The van der Waals surface area contributed by atoms with E-state index in [-0.39, 0.29) is 59.1 Å². The summed E-state index contributed by atoms with van der Waals surface area (Å²) in [5.41, 5.74) is 0. The van der Waals surface area contributed by atoms with Gasteiger partial charge in [-0.15, -0.1) is 0 Å². The SMILES string of the molecule is CCN(CC)CC.O=C([O-])[O-].[Na+].[Na+]. The average molecular weight is 207 g/mol. The molecule has 0 aromatic carbocycles. The first kappa shape index (κ1) is 23.8. The number of carbonyl (C=O) groups is 1. The average Bonchev–Trinajstić information content (AvgIpc) is 1.90. The van der Waals surface area contributed by atoms with E-state index in [4.69, 9.17) is 15.0 Å².